The number of hydrogen-bond acceptors (Lipinski definition) is 4. The van der Waals surface area contributed by atoms with Gasteiger partial charge in [0.15, 0.2) is 9.84 Å². The van der Waals surface area contributed by atoms with Crippen LogP contribution in [0.3, 0.4) is 0 Å². The van der Waals surface area contributed by atoms with Gasteiger partial charge in [0.1, 0.15) is 5.82 Å². The lowest BCUT2D eigenvalue weighted by Gasteiger charge is -2.04. The van der Waals surface area contributed by atoms with Crippen LogP contribution >= 0.6 is 0 Å². The average Bonchev–Trinajstić information content (AvgIpc) is 2.22. The van der Waals surface area contributed by atoms with Crippen LogP contribution in [-0.4, -0.2) is 14.2 Å². The number of halogens is 1. The second-order valence-electron chi connectivity index (χ2n) is 3.26. The monoisotopic (exact) mass is 242 g/mol. The number of nitrogens with two attached hydrogens (primary N) is 1. The van der Waals surface area contributed by atoms with Crippen molar-refractivity contribution >= 4 is 15.5 Å². The number of sulfone groups is 1. The molecule has 0 unspecified atom stereocenters. The second kappa shape index (κ2) is 4.94. The average molecular weight is 242 g/mol. The van der Waals surface area contributed by atoms with Gasteiger partial charge in [0, 0.05) is 6.42 Å². The molecule has 16 heavy (non-hydrogen) atoms. The van der Waals surface area contributed by atoms with Crippen LogP contribution in [0.15, 0.2) is 23.1 Å². The maximum atomic E-state index is 13.1. The summed E-state index contributed by atoms with van der Waals surface area (Å²) in [7, 11) is -3.52. The predicted octanol–water partition coefficient (Wildman–Crippen LogP) is 1.49. The van der Waals surface area contributed by atoms with Gasteiger partial charge in [-0.2, -0.15) is 5.26 Å². The Morgan fingerprint density at radius 1 is 1.44 bits per heavy atom. The lowest BCUT2D eigenvalue weighted by molar-refractivity contribution is 0.589. The van der Waals surface area contributed by atoms with Crippen LogP contribution in [0.4, 0.5) is 10.1 Å². The summed E-state index contributed by atoms with van der Waals surface area (Å²) in [6, 6.07) is 5.23. The molecule has 0 heterocycles. The molecule has 1 rings (SSSR count). The van der Waals surface area contributed by atoms with Crippen molar-refractivity contribution < 1.29 is 12.8 Å². The Hall–Kier alpha value is -1.61. The lowest BCUT2D eigenvalue weighted by Crippen LogP contribution is -2.07. The Bertz CT molecular complexity index is 520. The van der Waals surface area contributed by atoms with Crippen LogP contribution in [0.5, 0.6) is 0 Å². The Labute approximate surface area is 93.4 Å². The largest absolute Gasteiger partial charge is 0.396 e. The second-order valence-corrected chi connectivity index (χ2v) is 5.37. The first-order valence-electron chi connectivity index (χ1n) is 4.62. The van der Waals surface area contributed by atoms with Crippen molar-refractivity contribution in [2.24, 2.45) is 0 Å². The van der Waals surface area contributed by atoms with E-state index in [9.17, 15) is 12.8 Å². The van der Waals surface area contributed by atoms with Crippen LogP contribution in [0, 0.1) is 17.1 Å². The van der Waals surface area contributed by atoms with Gasteiger partial charge in [-0.3, -0.25) is 0 Å². The number of nitriles is 1. The third kappa shape index (κ3) is 2.94. The molecule has 0 atom stereocenters. The number of anilines is 1. The predicted molar refractivity (Wildman–Crippen MR) is 57.7 cm³/mol. The van der Waals surface area contributed by atoms with Gasteiger partial charge in [-0.25, -0.2) is 12.8 Å². The maximum Gasteiger partial charge on any atom is 0.178 e. The van der Waals surface area contributed by atoms with Crippen LogP contribution in [0.2, 0.25) is 0 Å². The van der Waals surface area contributed by atoms with E-state index in [1.54, 1.807) is 0 Å². The highest BCUT2D eigenvalue weighted by molar-refractivity contribution is 7.91. The molecule has 0 aliphatic rings. The Morgan fingerprint density at radius 2 is 2.12 bits per heavy atom. The van der Waals surface area contributed by atoms with Crippen molar-refractivity contribution in [3.63, 3.8) is 0 Å². The van der Waals surface area contributed by atoms with Crippen molar-refractivity contribution in [1.29, 1.82) is 5.26 Å². The zero-order valence-electron chi connectivity index (χ0n) is 8.48. The van der Waals surface area contributed by atoms with Gasteiger partial charge in [0.25, 0.3) is 0 Å². The first kappa shape index (κ1) is 12.5. The number of nitrogen functional groups attached to an aromatic ring is 1. The van der Waals surface area contributed by atoms with E-state index < -0.39 is 15.7 Å². The summed E-state index contributed by atoms with van der Waals surface area (Å²) in [6.07, 6.45) is 0.404. The number of nitrogens with zero attached hydrogens (tertiary/aromatic N) is 1. The molecular weight excluding hydrogens is 231 g/mol. The van der Waals surface area contributed by atoms with E-state index in [1.165, 1.54) is 12.1 Å². The minimum Gasteiger partial charge on any atom is -0.396 e. The summed E-state index contributed by atoms with van der Waals surface area (Å²) in [4.78, 5) is -0.0999. The van der Waals surface area contributed by atoms with Crippen molar-refractivity contribution in [2.45, 2.75) is 17.7 Å². The molecule has 6 heteroatoms. The van der Waals surface area contributed by atoms with Crippen molar-refractivity contribution in [3.8, 4) is 6.07 Å². The van der Waals surface area contributed by atoms with Gasteiger partial charge >= 0.3 is 0 Å². The summed E-state index contributed by atoms with van der Waals surface area (Å²) < 4.78 is 36.4. The Balaban J connectivity index is 2.91. The van der Waals surface area contributed by atoms with Gasteiger partial charge in [0.2, 0.25) is 0 Å². The molecule has 0 amide bonds. The summed E-state index contributed by atoms with van der Waals surface area (Å²) in [6.45, 7) is 0. The highest BCUT2D eigenvalue weighted by Gasteiger charge is 2.15. The normalized spacial score (nSPS) is 11.0. The minimum atomic E-state index is -3.52. The highest BCUT2D eigenvalue weighted by Crippen LogP contribution is 2.18. The van der Waals surface area contributed by atoms with E-state index in [2.05, 4.69) is 0 Å². The van der Waals surface area contributed by atoms with E-state index in [0.717, 1.165) is 6.07 Å². The Morgan fingerprint density at radius 3 is 2.69 bits per heavy atom. The van der Waals surface area contributed by atoms with Crippen LogP contribution < -0.4 is 5.73 Å². The molecule has 0 aromatic heterocycles. The molecule has 2 N–H and O–H groups in total. The van der Waals surface area contributed by atoms with E-state index >= 15 is 0 Å². The number of rotatable bonds is 4. The fourth-order valence-electron chi connectivity index (χ4n) is 1.16. The fraction of sp³-hybridized carbons (Fsp3) is 0.300. The van der Waals surface area contributed by atoms with E-state index in [1.807, 2.05) is 6.07 Å². The first-order valence-corrected chi connectivity index (χ1v) is 6.27. The molecule has 0 fully saturated rings. The van der Waals surface area contributed by atoms with Gasteiger partial charge in [-0.05, 0) is 24.6 Å². The zero-order chi connectivity index (χ0) is 12.2. The van der Waals surface area contributed by atoms with Gasteiger partial charge in [-0.15, -0.1) is 0 Å². The van der Waals surface area contributed by atoms with Gasteiger partial charge in [0.05, 0.1) is 22.4 Å². The molecule has 0 spiro atoms. The van der Waals surface area contributed by atoms with E-state index in [-0.39, 0.29) is 29.2 Å². The maximum absolute atomic E-state index is 13.1. The topological polar surface area (TPSA) is 84.0 Å². The van der Waals surface area contributed by atoms with Crippen LogP contribution in [0.25, 0.3) is 0 Å². The number of hydrogen-bond donors (Lipinski definition) is 1. The smallest absolute Gasteiger partial charge is 0.178 e. The van der Waals surface area contributed by atoms with E-state index in [0.29, 0.717) is 0 Å². The molecule has 4 nitrogen and oxygen atoms in total. The Kier molecular flexibility index (Phi) is 3.85. The van der Waals surface area contributed by atoms with Crippen molar-refractivity contribution in [3.05, 3.63) is 24.0 Å². The molecule has 0 radical (unpaired) electrons. The lowest BCUT2D eigenvalue weighted by atomic mass is 10.3. The summed E-state index contributed by atoms with van der Waals surface area (Å²) in [5.41, 5.74) is 5.15. The molecule has 0 aliphatic heterocycles. The zero-order valence-corrected chi connectivity index (χ0v) is 9.30. The quantitative estimate of drug-likeness (QED) is 0.640. The van der Waals surface area contributed by atoms with Crippen LogP contribution in [0.1, 0.15) is 12.8 Å². The van der Waals surface area contributed by atoms with Crippen molar-refractivity contribution in [2.75, 3.05) is 11.5 Å². The SMILES string of the molecule is N#CCCCS(=O)(=O)c1ccc(N)c(F)c1. The van der Waals surface area contributed by atoms with Crippen LogP contribution in [-0.2, 0) is 9.84 Å². The molecule has 1 aromatic carbocycles. The van der Waals surface area contributed by atoms with Crippen molar-refractivity contribution in [1.82, 2.24) is 0 Å². The molecule has 0 saturated carbocycles. The van der Waals surface area contributed by atoms with Gasteiger partial charge in [-0.1, -0.05) is 0 Å². The van der Waals surface area contributed by atoms with E-state index in [4.69, 9.17) is 11.0 Å². The molecular formula is C10H11FN2O2S. The first-order chi connectivity index (χ1) is 7.47. The standard InChI is InChI=1S/C10H11FN2O2S/c11-9-7-8(3-4-10(9)13)16(14,15)6-2-1-5-12/h3-4,7H,1-2,6,13H2. The molecule has 0 aliphatic carbocycles. The minimum absolute atomic E-state index is 0.0871. The van der Waals surface area contributed by atoms with Gasteiger partial charge < -0.3 is 5.73 Å². The molecule has 1 aromatic rings. The number of benzene rings is 1. The summed E-state index contributed by atoms with van der Waals surface area (Å²) in [5.74, 6) is -0.912. The third-order valence-corrected chi connectivity index (χ3v) is 3.83. The number of unbranched alkanes of at least 4 members (excludes halogenated alkanes) is 1. The molecule has 0 bridgehead atoms. The third-order valence-electron chi connectivity index (χ3n) is 2.03. The molecule has 86 valence electrons. The highest BCUT2D eigenvalue weighted by atomic mass is 32.2. The summed E-state index contributed by atoms with van der Waals surface area (Å²) >= 11 is 0. The summed E-state index contributed by atoms with van der Waals surface area (Å²) in [5, 5.41) is 8.29. The fourth-order valence-corrected chi connectivity index (χ4v) is 2.48. The molecule has 0 saturated heterocycles.